The lowest BCUT2D eigenvalue weighted by Crippen LogP contribution is -2.41. The predicted molar refractivity (Wildman–Crippen MR) is 130 cm³/mol. The van der Waals surface area contributed by atoms with Crippen LogP contribution in [0.5, 0.6) is 11.5 Å². The van der Waals surface area contributed by atoms with Crippen LogP contribution < -0.4 is 20.1 Å². The SMILES string of the molecule is COc1ccccc1NC(=O)c1ccc(NC(=O)C(C)N(C)CCOc2ccccc2)cc1. The van der Waals surface area contributed by atoms with Crippen molar-refractivity contribution in [3.8, 4) is 11.5 Å². The van der Waals surface area contributed by atoms with Gasteiger partial charge in [0.2, 0.25) is 5.91 Å². The summed E-state index contributed by atoms with van der Waals surface area (Å²) in [4.78, 5) is 27.1. The highest BCUT2D eigenvalue weighted by molar-refractivity contribution is 6.05. The second kappa shape index (κ2) is 11.7. The van der Waals surface area contributed by atoms with Crippen molar-refractivity contribution in [3.63, 3.8) is 0 Å². The molecule has 3 aromatic carbocycles. The molecule has 0 heterocycles. The van der Waals surface area contributed by atoms with Crippen LogP contribution in [0.3, 0.4) is 0 Å². The van der Waals surface area contributed by atoms with Crippen molar-refractivity contribution in [2.45, 2.75) is 13.0 Å². The molecule has 1 atom stereocenters. The molecule has 7 nitrogen and oxygen atoms in total. The van der Waals surface area contributed by atoms with Gasteiger partial charge in [0.15, 0.2) is 0 Å². The number of carbonyl (C=O) groups is 2. The highest BCUT2D eigenvalue weighted by Gasteiger charge is 2.18. The van der Waals surface area contributed by atoms with Crippen molar-refractivity contribution in [3.05, 3.63) is 84.4 Å². The van der Waals surface area contributed by atoms with Gasteiger partial charge in [-0.05, 0) is 62.5 Å². The van der Waals surface area contributed by atoms with E-state index in [0.717, 1.165) is 5.75 Å². The Balaban J connectivity index is 1.49. The van der Waals surface area contributed by atoms with Crippen molar-refractivity contribution < 1.29 is 19.1 Å². The first-order chi connectivity index (χ1) is 16.0. The Morgan fingerprint density at radius 3 is 2.27 bits per heavy atom. The number of ether oxygens (including phenoxy) is 2. The first kappa shape index (κ1) is 23.8. The zero-order valence-corrected chi connectivity index (χ0v) is 19.1. The highest BCUT2D eigenvalue weighted by atomic mass is 16.5. The fourth-order valence-corrected chi connectivity index (χ4v) is 3.11. The van der Waals surface area contributed by atoms with Crippen LogP contribution in [0.1, 0.15) is 17.3 Å². The van der Waals surface area contributed by atoms with Gasteiger partial charge in [-0.15, -0.1) is 0 Å². The number of hydrogen-bond acceptors (Lipinski definition) is 5. The van der Waals surface area contributed by atoms with Gasteiger partial charge in [0.05, 0.1) is 18.8 Å². The number of anilines is 2. The van der Waals surface area contributed by atoms with Gasteiger partial charge in [0.1, 0.15) is 18.1 Å². The third kappa shape index (κ3) is 6.82. The van der Waals surface area contributed by atoms with Crippen molar-refractivity contribution in [1.29, 1.82) is 0 Å². The molecule has 0 spiro atoms. The fraction of sp³-hybridized carbons (Fsp3) is 0.231. The molecule has 0 aliphatic rings. The van der Waals surface area contributed by atoms with Gasteiger partial charge in [-0.1, -0.05) is 30.3 Å². The molecule has 2 amide bonds. The number of methoxy groups -OCH3 is 1. The zero-order chi connectivity index (χ0) is 23.6. The summed E-state index contributed by atoms with van der Waals surface area (Å²) in [6, 6.07) is 23.2. The van der Waals surface area contributed by atoms with Crippen LogP contribution in [0, 0.1) is 0 Å². The molecule has 3 rings (SSSR count). The van der Waals surface area contributed by atoms with Crippen LogP contribution in [0.4, 0.5) is 11.4 Å². The Kier molecular flexibility index (Phi) is 8.43. The molecule has 0 saturated heterocycles. The Hall–Kier alpha value is -3.84. The van der Waals surface area contributed by atoms with Crippen LogP contribution in [-0.2, 0) is 4.79 Å². The van der Waals surface area contributed by atoms with Gasteiger partial charge in [-0.2, -0.15) is 0 Å². The van der Waals surface area contributed by atoms with Gasteiger partial charge in [-0.25, -0.2) is 0 Å². The summed E-state index contributed by atoms with van der Waals surface area (Å²) < 4.78 is 11.0. The van der Waals surface area contributed by atoms with E-state index in [9.17, 15) is 9.59 Å². The van der Waals surface area contributed by atoms with Gasteiger partial charge in [0, 0.05) is 17.8 Å². The topological polar surface area (TPSA) is 79.9 Å². The lowest BCUT2D eigenvalue weighted by atomic mass is 10.1. The maximum atomic E-state index is 12.6. The number of nitrogens with one attached hydrogen (secondary N) is 2. The predicted octanol–water partition coefficient (Wildman–Crippen LogP) is 4.29. The average Bonchev–Trinajstić information content (AvgIpc) is 2.84. The molecule has 0 aliphatic heterocycles. The molecule has 0 saturated carbocycles. The molecule has 172 valence electrons. The Morgan fingerprint density at radius 2 is 1.58 bits per heavy atom. The molecule has 0 fully saturated rings. The number of carbonyl (C=O) groups excluding carboxylic acids is 2. The summed E-state index contributed by atoms with van der Waals surface area (Å²) in [5, 5.41) is 5.72. The first-order valence-corrected chi connectivity index (χ1v) is 10.7. The minimum atomic E-state index is -0.349. The molecule has 0 aromatic heterocycles. The lowest BCUT2D eigenvalue weighted by Gasteiger charge is -2.23. The molecule has 0 bridgehead atoms. The summed E-state index contributed by atoms with van der Waals surface area (Å²) in [7, 11) is 3.43. The largest absolute Gasteiger partial charge is 0.495 e. The normalized spacial score (nSPS) is 11.5. The number of likely N-dealkylation sites (N-methyl/N-ethyl adjacent to an activating group) is 1. The lowest BCUT2D eigenvalue weighted by molar-refractivity contribution is -0.120. The maximum absolute atomic E-state index is 12.6. The van der Waals surface area contributed by atoms with E-state index in [0.29, 0.717) is 35.8 Å². The monoisotopic (exact) mass is 447 g/mol. The van der Waals surface area contributed by atoms with E-state index in [4.69, 9.17) is 9.47 Å². The van der Waals surface area contributed by atoms with Crippen molar-refractivity contribution in [2.24, 2.45) is 0 Å². The van der Waals surface area contributed by atoms with E-state index >= 15 is 0 Å². The molecule has 1 unspecified atom stereocenters. The van der Waals surface area contributed by atoms with E-state index in [2.05, 4.69) is 10.6 Å². The third-order valence-corrected chi connectivity index (χ3v) is 5.27. The van der Waals surface area contributed by atoms with Crippen molar-refractivity contribution in [1.82, 2.24) is 4.90 Å². The van der Waals surface area contributed by atoms with E-state index in [1.807, 2.05) is 61.3 Å². The third-order valence-electron chi connectivity index (χ3n) is 5.27. The number of amides is 2. The van der Waals surface area contributed by atoms with Crippen LogP contribution in [-0.4, -0.2) is 50.1 Å². The van der Waals surface area contributed by atoms with Crippen LogP contribution in [0.15, 0.2) is 78.9 Å². The summed E-state index contributed by atoms with van der Waals surface area (Å²) in [6.07, 6.45) is 0. The minimum absolute atomic E-state index is 0.136. The van der Waals surface area contributed by atoms with Crippen LogP contribution in [0.2, 0.25) is 0 Å². The van der Waals surface area contributed by atoms with Gasteiger partial charge in [0.25, 0.3) is 5.91 Å². The van der Waals surface area contributed by atoms with E-state index in [1.165, 1.54) is 0 Å². The summed E-state index contributed by atoms with van der Waals surface area (Å²) in [6.45, 7) is 2.92. The second-order valence-electron chi connectivity index (χ2n) is 7.54. The van der Waals surface area contributed by atoms with Gasteiger partial charge >= 0.3 is 0 Å². The van der Waals surface area contributed by atoms with E-state index < -0.39 is 0 Å². The maximum Gasteiger partial charge on any atom is 0.255 e. The number of nitrogens with zero attached hydrogens (tertiary/aromatic N) is 1. The fourth-order valence-electron chi connectivity index (χ4n) is 3.11. The van der Waals surface area contributed by atoms with E-state index in [-0.39, 0.29) is 17.9 Å². The molecule has 3 aromatic rings. The van der Waals surface area contributed by atoms with Crippen LogP contribution in [0.25, 0.3) is 0 Å². The number of hydrogen-bond donors (Lipinski definition) is 2. The Morgan fingerprint density at radius 1 is 0.909 bits per heavy atom. The number of benzene rings is 3. The summed E-state index contributed by atoms with van der Waals surface area (Å²) in [5.74, 6) is 0.993. The smallest absolute Gasteiger partial charge is 0.255 e. The number of rotatable bonds is 10. The number of para-hydroxylation sites is 3. The summed E-state index contributed by atoms with van der Waals surface area (Å²) in [5.41, 5.74) is 1.69. The van der Waals surface area contributed by atoms with Crippen molar-refractivity contribution >= 4 is 23.2 Å². The Bertz CT molecular complexity index is 1050. The molecule has 0 radical (unpaired) electrons. The first-order valence-electron chi connectivity index (χ1n) is 10.7. The molecule has 0 aliphatic carbocycles. The van der Waals surface area contributed by atoms with Gasteiger partial charge < -0.3 is 20.1 Å². The van der Waals surface area contributed by atoms with Crippen molar-refractivity contribution in [2.75, 3.05) is 37.9 Å². The van der Waals surface area contributed by atoms with E-state index in [1.54, 1.807) is 43.5 Å². The minimum Gasteiger partial charge on any atom is -0.495 e. The van der Waals surface area contributed by atoms with Crippen LogP contribution >= 0.6 is 0 Å². The molecular formula is C26H29N3O4. The average molecular weight is 448 g/mol. The quantitative estimate of drug-likeness (QED) is 0.485. The molecule has 33 heavy (non-hydrogen) atoms. The Labute approximate surface area is 194 Å². The second-order valence-corrected chi connectivity index (χ2v) is 7.54. The standard InChI is InChI=1S/C26H29N3O4/c1-19(29(2)17-18-33-22-9-5-4-6-10-22)25(30)27-21-15-13-20(14-16-21)26(31)28-23-11-7-8-12-24(23)32-3/h4-16,19H,17-18H2,1-3H3,(H,27,30)(H,28,31). The highest BCUT2D eigenvalue weighted by Crippen LogP contribution is 2.24. The molecule has 7 heteroatoms. The zero-order valence-electron chi connectivity index (χ0n) is 19.1. The molecule has 2 N–H and O–H groups in total. The summed E-state index contributed by atoms with van der Waals surface area (Å²) >= 11 is 0. The van der Waals surface area contributed by atoms with Gasteiger partial charge in [-0.3, -0.25) is 14.5 Å². The molecular weight excluding hydrogens is 418 g/mol.